The van der Waals surface area contributed by atoms with Crippen LogP contribution < -0.4 is 4.90 Å². The fourth-order valence-corrected chi connectivity index (χ4v) is 2.88. The summed E-state index contributed by atoms with van der Waals surface area (Å²) >= 11 is 0. The molecule has 0 radical (unpaired) electrons. The van der Waals surface area contributed by atoms with Crippen molar-refractivity contribution in [2.24, 2.45) is 5.92 Å². The minimum Gasteiger partial charge on any atom is -0.366 e. The Kier molecular flexibility index (Phi) is 5.00. The number of nitro benzene ring substituents is 1. The molecule has 0 aromatic heterocycles. The summed E-state index contributed by atoms with van der Waals surface area (Å²) in [5.74, 6) is 0.178. The third-order valence-electron chi connectivity index (χ3n) is 3.85. The van der Waals surface area contributed by atoms with Crippen LogP contribution >= 0.6 is 0 Å². The minimum absolute atomic E-state index is 0.0192. The van der Waals surface area contributed by atoms with E-state index in [0.29, 0.717) is 23.7 Å². The van der Waals surface area contributed by atoms with Crippen molar-refractivity contribution in [3.05, 3.63) is 33.9 Å². The van der Waals surface area contributed by atoms with Crippen molar-refractivity contribution >= 4 is 17.3 Å². The Morgan fingerprint density at radius 3 is 2.55 bits per heavy atom. The summed E-state index contributed by atoms with van der Waals surface area (Å²) in [6.45, 7) is 6.36. The zero-order valence-corrected chi connectivity index (χ0v) is 13.4. The van der Waals surface area contributed by atoms with Crippen molar-refractivity contribution in [3.8, 4) is 0 Å². The minimum atomic E-state index is -0.396. The van der Waals surface area contributed by atoms with Crippen molar-refractivity contribution in [1.29, 1.82) is 0 Å². The van der Waals surface area contributed by atoms with Crippen LogP contribution in [0.1, 0.15) is 37.0 Å². The lowest BCUT2D eigenvalue weighted by molar-refractivity contribution is -0.384. The van der Waals surface area contributed by atoms with Crippen LogP contribution in [0.4, 0.5) is 11.4 Å². The third kappa shape index (κ3) is 3.55. The molecule has 1 aliphatic rings. The van der Waals surface area contributed by atoms with Crippen LogP contribution in [0.2, 0.25) is 0 Å². The summed E-state index contributed by atoms with van der Waals surface area (Å²) in [5.41, 5.74) is 1.01. The molecule has 6 heteroatoms. The summed E-state index contributed by atoms with van der Waals surface area (Å²) in [6, 6.07) is 4.81. The van der Waals surface area contributed by atoms with Gasteiger partial charge in [0.05, 0.1) is 4.92 Å². The fourth-order valence-electron chi connectivity index (χ4n) is 2.88. The van der Waals surface area contributed by atoms with E-state index in [2.05, 4.69) is 0 Å². The molecule has 0 spiro atoms. The first-order valence-corrected chi connectivity index (χ1v) is 7.69. The first kappa shape index (κ1) is 16.3. The smallest absolute Gasteiger partial charge is 0.293 e. The van der Waals surface area contributed by atoms with Crippen LogP contribution in [-0.2, 0) is 0 Å². The molecule has 1 heterocycles. The van der Waals surface area contributed by atoms with Gasteiger partial charge >= 0.3 is 0 Å². The van der Waals surface area contributed by atoms with Gasteiger partial charge in [-0.1, -0.05) is 13.8 Å². The summed E-state index contributed by atoms with van der Waals surface area (Å²) in [5, 5.41) is 11.4. The lowest BCUT2D eigenvalue weighted by Gasteiger charge is -2.21. The van der Waals surface area contributed by atoms with Gasteiger partial charge in [-0.05, 0) is 30.9 Å². The maximum absolute atomic E-state index is 12.4. The molecule has 0 saturated carbocycles. The van der Waals surface area contributed by atoms with Crippen LogP contribution in [0, 0.1) is 16.0 Å². The molecule has 1 aromatic carbocycles. The molecule has 1 aromatic rings. The van der Waals surface area contributed by atoms with Crippen molar-refractivity contribution in [1.82, 2.24) is 4.90 Å². The van der Waals surface area contributed by atoms with Crippen LogP contribution in [0.5, 0.6) is 0 Å². The van der Waals surface area contributed by atoms with E-state index in [-0.39, 0.29) is 11.6 Å². The second-order valence-corrected chi connectivity index (χ2v) is 6.23. The van der Waals surface area contributed by atoms with Crippen molar-refractivity contribution in [2.75, 3.05) is 31.6 Å². The molecule has 6 nitrogen and oxygen atoms in total. The van der Waals surface area contributed by atoms with E-state index in [1.54, 1.807) is 24.1 Å². The highest BCUT2D eigenvalue weighted by atomic mass is 16.6. The van der Waals surface area contributed by atoms with E-state index >= 15 is 0 Å². The van der Waals surface area contributed by atoms with Crippen LogP contribution in [0.25, 0.3) is 0 Å². The second kappa shape index (κ2) is 6.77. The number of anilines is 1. The molecule has 120 valence electrons. The van der Waals surface area contributed by atoms with Gasteiger partial charge in [0.15, 0.2) is 0 Å². The van der Waals surface area contributed by atoms with Gasteiger partial charge in [-0.15, -0.1) is 0 Å². The molecule has 1 fully saturated rings. The zero-order valence-electron chi connectivity index (χ0n) is 13.4. The molecular weight excluding hydrogens is 282 g/mol. The van der Waals surface area contributed by atoms with E-state index in [1.807, 2.05) is 18.7 Å². The first-order chi connectivity index (χ1) is 10.4. The quantitative estimate of drug-likeness (QED) is 0.619. The Bertz CT molecular complexity index is 566. The fraction of sp³-hybridized carbons (Fsp3) is 0.562. The van der Waals surface area contributed by atoms with Gasteiger partial charge in [0.1, 0.15) is 5.69 Å². The molecular formula is C16H23N3O3. The number of amides is 1. The topological polar surface area (TPSA) is 66.7 Å². The van der Waals surface area contributed by atoms with Gasteiger partial charge in [0.25, 0.3) is 11.6 Å². The molecule has 0 atom stereocenters. The predicted octanol–water partition coefficient (Wildman–Crippen LogP) is 2.92. The number of rotatable bonds is 5. The average molecular weight is 305 g/mol. The number of hydrogen-bond acceptors (Lipinski definition) is 4. The Morgan fingerprint density at radius 2 is 2.00 bits per heavy atom. The number of nitrogens with zero attached hydrogens (tertiary/aromatic N) is 3. The molecule has 22 heavy (non-hydrogen) atoms. The first-order valence-electron chi connectivity index (χ1n) is 7.69. The van der Waals surface area contributed by atoms with Crippen molar-refractivity contribution in [2.45, 2.75) is 26.7 Å². The van der Waals surface area contributed by atoms with E-state index in [9.17, 15) is 14.9 Å². The molecule has 2 rings (SSSR count). The number of nitro groups is 1. The normalized spacial score (nSPS) is 14.5. The highest BCUT2D eigenvalue weighted by molar-refractivity contribution is 5.95. The molecule has 1 amide bonds. The molecule has 1 saturated heterocycles. The van der Waals surface area contributed by atoms with Crippen molar-refractivity contribution < 1.29 is 9.72 Å². The van der Waals surface area contributed by atoms with E-state index < -0.39 is 4.92 Å². The maximum atomic E-state index is 12.4. The number of hydrogen-bond donors (Lipinski definition) is 0. The molecule has 1 aliphatic heterocycles. The molecule has 0 N–H and O–H groups in total. The summed E-state index contributed by atoms with van der Waals surface area (Å²) in [7, 11) is 1.72. The average Bonchev–Trinajstić information content (AvgIpc) is 2.99. The molecule has 0 aliphatic carbocycles. The van der Waals surface area contributed by atoms with Crippen LogP contribution in [-0.4, -0.2) is 42.4 Å². The van der Waals surface area contributed by atoms with Gasteiger partial charge in [0.2, 0.25) is 0 Å². The summed E-state index contributed by atoms with van der Waals surface area (Å²) < 4.78 is 0. The highest BCUT2D eigenvalue weighted by Crippen LogP contribution is 2.31. The number of benzene rings is 1. The molecule has 0 bridgehead atoms. The lowest BCUT2D eigenvalue weighted by Crippen LogP contribution is -2.30. The Balaban J connectivity index is 2.29. The number of carbonyl (C=O) groups excluding carboxylic acids is 1. The van der Waals surface area contributed by atoms with Gasteiger partial charge in [-0.2, -0.15) is 0 Å². The Hall–Kier alpha value is -2.11. The van der Waals surface area contributed by atoms with Gasteiger partial charge in [-0.3, -0.25) is 14.9 Å². The lowest BCUT2D eigenvalue weighted by atomic mass is 10.1. The second-order valence-electron chi connectivity index (χ2n) is 6.23. The Morgan fingerprint density at radius 1 is 1.36 bits per heavy atom. The maximum Gasteiger partial charge on any atom is 0.293 e. The van der Waals surface area contributed by atoms with E-state index in [1.165, 1.54) is 6.07 Å². The Labute approximate surface area is 130 Å². The zero-order chi connectivity index (χ0) is 16.3. The van der Waals surface area contributed by atoms with Gasteiger partial charge in [-0.25, -0.2) is 0 Å². The SMILES string of the molecule is CC(C)CN(C)C(=O)c1ccc(N2CCCC2)c([N+](=O)[O-])c1. The standard InChI is InChI=1S/C16H23N3O3/c1-12(2)11-17(3)16(20)13-6-7-14(15(10-13)19(21)22)18-8-4-5-9-18/h6-7,10,12H,4-5,8-9,11H2,1-3H3. The summed E-state index contributed by atoms with van der Waals surface area (Å²) in [4.78, 5) is 27.0. The summed E-state index contributed by atoms with van der Waals surface area (Å²) in [6.07, 6.45) is 2.10. The van der Waals surface area contributed by atoms with Gasteiger partial charge < -0.3 is 9.80 Å². The van der Waals surface area contributed by atoms with E-state index in [4.69, 9.17) is 0 Å². The van der Waals surface area contributed by atoms with Crippen LogP contribution in [0.15, 0.2) is 18.2 Å². The third-order valence-corrected chi connectivity index (χ3v) is 3.85. The largest absolute Gasteiger partial charge is 0.366 e. The number of carbonyl (C=O) groups is 1. The monoisotopic (exact) mass is 305 g/mol. The van der Waals surface area contributed by atoms with Crippen LogP contribution in [0.3, 0.4) is 0 Å². The van der Waals surface area contributed by atoms with Gasteiger partial charge in [0, 0.05) is 38.3 Å². The predicted molar refractivity (Wildman–Crippen MR) is 86.3 cm³/mol. The highest BCUT2D eigenvalue weighted by Gasteiger charge is 2.24. The van der Waals surface area contributed by atoms with E-state index in [0.717, 1.165) is 25.9 Å². The van der Waals surface area contributed by atoms with Crippen molar-refractivity contribution in [3.63, 3.8) is 0 Å². The molecule has 0 unspecified atom stereocenters.